The maximum Gasteiger partial charge on any atom is 0.252 e. The lowest BCUT2D eigenvalue weighted by Crippen LogP contribution is -2.62. The van der Waals surface area contributed by atoms with Crippen molar-refractivity contribution >= 4 is 11.8 Å². The number of nitrogens with one attached hydrogen (secondary N) is 2. The Bertz CT molecular complexity index is 1320. The van der Waals surface area contributed by atoms with Gasteiger partial charge in [-0.3, -0.25) is 9.59 Å². The molecule has 1 heterocycles. The van der Waals surface area contributed by atoms with Crippen molar-refractivity contribution in [3.63, 3.8) is 0 Å². The zero-order chi connectivity index (χ0) is 50.0. The van der Waals surface area contributed by atoms with E-state index in [0.717, 1.165) is 50.5 Å². The molecular weight excluding hydrogens is 869 g/mol. The van der Waals surface area contributed by atoms with E-state index < -0.39 is 54.9 Å². The van der Waals surface area contributed by atoms with Crippen molar-refractivity contribution < 1.29 is 44.6 Å². The molecule has 2 rings (SSSR count). The maximum atomic E-state index is 13.3. The molecule has 1 aromatic carbocycles. The van der Waals surface area contributed by atoms with Crippen LogP contribution in [0.15, 0.2) is 30.3 Å². The Morgan fingerprint density at radius 1 is 0.551 bits per heavy atom. The molecule has 0 radical (unpaired) electrons. The lowest BCUT2D eigenvalue weighted by molar-refractivity contribution is -0.293. The fraction of sp³-hybridized carbons (Fsp3) is 0.862. The number of ether oxygens (including phenoxy) is 2. The molecule has 8 atom stereocenters. The van der Waals surface area contributed by atoms with Gasteiger partial charge in [0.2, 0.25) is 5.91 Å². The molecule has 11 nitrogen and oxygen atoms in total. The lowest BCUT2D eigenvalue weighted by Gasteiger charge is -2.40. The summed E-state index contributed by atoms with van der Waals surface area (Å²) in [7, 11) is 0. The van der Waals surface area contributed by atoms with Gasteiger partial charge >= 0.3 is 0 Å². The number of benzene rings is 1. The SMILES string of the molecule is CCCCCCCCCCCCCCCCCCCCCCCCCC(=O)N[C@@H](CO[C@H]1O[C@H](C(=O)NCCc2ccccc2)[C@H](O)[C@H](O)[C@H]1O)[C@H](O)[C@H](O)CCCCCCCCCCCCCC. The minimum absolute atomic E-state index is 0.260. The third kappa shape index (κ3) is 31.8. The van der Waals surface area contributed by atoms with Crippen LogP contribution >= 0.6 is 0 Å². The minimum atomic E-state index is -1.75. The summed E-state index contributed by atoms with van der Waals surface area (Å²) in [6.07, 6.45) is 34.5. The molecule has 0 unspecified atom stereocenters. The van der Waals surface area contributed by atoms with Crippen LogP contribution in [0.5, 0.6) is 0 Å². The lowest BCUT2D eigenvalue weighted by atomic mass is 9.97. The first-order chi connectivity index (χ1) is 33.7. The second-order valence-corrected chi connectivity index (χ2v) is 20.7. The molecule has 69 heavy (non-hydrogen) atoms. The molecule has 1 aromatic rings. The van der Waals surface area contributed by atoms with E-state index in [1.165, 1.54) is 173 Å². The topological polar surface area (TPSA) is 178 Å². The van der Waals surface area contributed by atoms with Crippen molar-refractivity contribution in [2.24, 2.45) is 0 Å². The number of aliphatic hydroxyl groups is 5. The first-order valence-electron chi connectivity index (χ1n) is 29.0. The third-order valence-electron chi connectivity index (χ3n) is 14.3. The van der Waals surface area contributed by atoms with Gasteiger partial charge in [-0.25, -0.2) is 0 Å². The molecule has 11 heteroatoms. The summed E-state index contributed by atoms with van der Waals surface area (Å²) >= 11 is 0. The highest BCUT2D eigenvalue weighted by atomic mass is 16.7. The van der Waals surface area contributed by atoms with Crippen LogP contribution < -0.4 is 10.6 Å². The predicted octanol–water partition coefficient (Wildman–Crippen LogP) is 11.8. The summed E-state index contributed by atoms with van der Waals surface area (Å²) in [6, 6.07) is 8.53. The van der Waals surface area contributed by atoms with Crippen LogP contribution in [-0.4, -0.2) is 99.5 Å². The van der Waals surface area contributed by atoms with E-state index in [1.54, 1.807) is 0 Å². The van der Waals surface area contributed by atoms with Crippen molar-refractivity contribution in [2.45, 2.75) is 307 Å². The van der Waals surface area contributed by atoms with Crippen LogP contribution in [-0.2, 0) is 25.5 Å². The number of aliphatic hydroxyl groups excluding tert-OH is 5. The van der Waals surface area contributed by atoms with Crippen molar-refractivity contribution in [2.75, 3.05) is 13.2 Å². The van der Waals surface area contributed by atoms with Gasteiger partial charge in [-0.1, -0.05) is 262 Å². The highest BCUT2D eigenvalue weighted by Crippen LogP contribution is 2.24. The van der Waals surface area contributed by atoms with Crippen molar-refractivity contribution in [1.29, 1.82) is 0 Å². The largest absolute Gasteiger partial charge is 0.390 e. The summed E-state index contributed by atoms with van der Waals surface area (Å²) < 4.78 is 11.6. The van der Waals surface area contributed by atoms with Gasteiger partial charge in [0.1, 0.15) is 24.4 Å². The Kier molecular flexibility index (Phi) is 39.7. The normalized spacial score (nSPS) is 19.6. The second-order valence-electron chi connectivity index (χ2n) is 20.7. The quantitative estimate of drug-likeness (QED) is 0.0313. The van der Waals surface area contributed by atoms with E-state index in [9.17, 15) is 35.1 Å². The first kappa shape index (κ1) is 63.0. The average Bonchev–Trinajstić information content (AvgIpc) is 3.35. The Morgan fingerprint density at radius 2 is 0.957 bits per heavy atom. The molecule has 0 saturated carbocycles. The van der Waals surface area contributed by atoms with E-state index in [0.29, 0.717) is 19.3 Å². The summed E-state index contributed by atoms with van der Waals surface area (Å²) in [5.74, 6) is -0.948. The van der Waals surface area contributed by atoms with Crippen LogP contribution in [0, 0.1) is 0 Å². The number of carbonyl (C=O) groups excluding carboxylic acids is 2. The Labute approximate surface area is 421 Å². The van der Waals surface area contributed by atoms with Gasteiger partial charge in [-0.05, 0) is 24.8 Å². The van der Waals surface area contributed by atoms with Gasteiger partial charge in [0, 0.05) is 13.0 Å². The van der Waals surface area contributed by atoms with Gasteiger partial charge < -0.3 is 45.6 Å². The molecule has 0 aromatic heterocycles. The van der Waals surface area contributed by atoms with E-state index in [-0.39, 0.29) is 25.5 Å². The number of hydrogen-bond acceptors (Lipinski definition) is 9. The van der Waals surface area contributed by atoms with Crippen molar-refractivity contribution in [3.05, 3.63) is 35.9 Å². The smallest absolute Gasteiger partial charge is 0.252 e. The van der Waals surface area contributed by atoms with Gasteiger partial charge in [0.05, 0.1) is 18.8 Å². The number of unbranched alkanes of at least 4 members (excludes halogenated alkanes) is 33. The number of hydrogen-bond donors (Lipinski definition) is 7. The molecule has 402 valence electrons. The number of carbonyl (C=O) groups is 2. The van der Waals surface area contributed by atoms with E-state index in [2.05, 4.69) is 24.5 Å². The highest BCUT2D eigenvalue weighted by molar-refractivity contribution is 5.81. The second kappa shape index (κ2) is 43.5. The summed E-state index contributed by atoms with van der Waals surface area (Å²) in [6.45, 7) is 4.41. The highest BCUT2D eigenvalue weighted by Gasteiger charge is 2.47. The zero-order valence-corrected chi connectivity index (χ0v) is 44.2. The van der Waals surface area contributed by atoms with Gasteiger partial charge in [0.15, 0.2) is 12.4 Å². The molecule has 0 spiro atoms. The van der Waals surface area contributed by atoms with Crippen LogP contribution in [0.25, 0.3) is 0 Å². The molecule has 7 N–H and O–H groups in total. The fourth-order valence-corrected chi connectivity index (χ4v) is 9.69. The Hall–Kier alpha value is -2.12. The van der Waals surface area contributed by atoms with E-state index in [4.69, 9.17) is 9.47 Å². The van der Waals surface area contributed by atoms with Crippen LogP contribution in [0.3, 0.4) is 0 Å². The maximum absolute atomic E-state index is 13.3. The standard InChI is InChI=1S/C58H106N2O9/c1-3-5-7-9-11-13-15-17-18-19-20-21-22-23-24-25-26-27-29-31-33-35-40-44-51(62)60-49(52(63)50(61)43-39-34-32-30-28-16-14-12-10-8-6-4-2)47-68-58-55(66)53(64)54(65)56(69-58)57(67)59-46-45-48-41-37-36-38-42-48/h36-38,41-42,49-50,52-56,58,61,63-66H,3-35,39-40,43-47H2,1-2H3,(H,59,67)(H,60,62)/t49-,50+,52-,53-,54+,55+,56-,58-/m0/s1. The van der Waals surface area contributed by atoms with Crippen LogP contribution in [0.2, 0.25) is 0 Å². The van der Waals surface area contributed by atoms with Crippen molar-refractivity contribution in [3.8, 4) is 0 Å². The average molecular weight is 975 g/mol. The minimum Gasteiger partial charge on any atom is -0.390 e. The van der Waals surface area contributed by atoms with Gasteiger partial charge in [0.25, 0.3) is 5.91 Å². The van der Waals surface area contributed by atoms with E-state index >= 15 is 0 Å². The molecule has 2 amide bonds. The number of amides is 2. The van der Waals surface area contributed by atoms with Crippen LogP contribution in [0.1, 0.15) is 257 Å². The molecule has 1 aliphatic heterocycles. The van der Waals surface area contributed by atoms with Gasteiger partial charge in [-0.2, -0.15) is 0 Å². The van der Waals surface area contributed by atoms with Crippen LogP contribution in [0.4, 0.5) is 0 Å². The van der Waals surface area contributed by atoms with E-state index in [1.807, 2.05) is 30.3 Å². The third-order valence-corrected chi connectivity index (χ3v) is 14.3. The molecule has 0 bridgehead atoms. The summed E-state index contributed by atoms with van der Waals surface area (Å²) in [5.41, 5.74) is 1.01. The summed E-state index contributed by atoms with van der Waals surface area (Å²) in [4.78, 5) is 26.3. The summed E-state index contributed by atoms with van der Waals surface area (Å²) in [5, 5.41) is 60.2. The molecule has 0 aliphatic carbocycles. The molecular formula is C58H106N2O9. The molecule has 1 aliphatic rings. The Morgan fingerprint density at radius 3 is 1.39 bits per heavy atom. The predicted molar refractivity (Wildman–Crippen MR) is 282 cm³/mol. The monoisotopic (exact) mass is 975 g/mol. The molecule has 1 fully saturated rings. The van der Waals surface area contributed by atoms with Gasteiger partial charge in [-0.15, -0.1) is 0 Å². The number of rotatable bonds is 47. The zero-order valence-electron chi connectivity index (χ0n) is 44.2. The van der Waals surface area contributed by atoms with Crippen molar-refractivity contribution in [1.82, 2.24) is 10.6 Å². The fourth-order valence-electron chi connectivity index (χ4n) is 9.69. The Balaban J connectivity index is 1.72. The molecule has 1 saturated heterocycles. The first-order valence-corrected chi connectivity index (χ1v) is 29.0.